The minimum absolute atomic E-state index is 0.0454. The molecule has 1 aromatic heterocycles. The van der Waals surface area contributed by atoms with E-state index in [9.17, 15) is 4.79 Å². The van der Waals surface area contributed by atoms with Gasteiger partial charge in [-0.3, -0.25) is 10.1 Å². The Morgan fingerprint density at radius 1 is 0.972 bits per heavy atom. The Kier molecular flexibility index (Phi) is 6.66. The molecule has 0 radical (unpaired) electrons. The first-order valence-electron chi connectivity index (χ1n) is 11.7. The van der Waals surface area contributed by atoms with Crippen LogP contribution in [0.25, 0.3) is 6.08 Å². The molecular weight excluding hydrogens is 454 g/mol. The Balaban J connectivity index is 1.41. The molecule has 0 bridgehead atoms. The third kappa shape index (κ3) is 4.93. The molecule has 0 unspecified atom stereocenters. The number of nitrogens with zero attached hydrogens (tertiary/aromatic N) is 3. The fourth-order valence-electron chi connectivity index (χ4n) is 4.36. The first-order chi connectivity index (χ1) is 17.6. The van der Waals surface area contributed by atoms with Crippen LogP contribution in [-0.2, 0) is 4.79 Å². The van der Waals surface area contributed by atoms with Gasteiger partial charge in [0.2, 0.25) is 5.95 Å². The molecule has 5 rings (SSSR count). The largest absolute Gasteiger partial charge is 0.497 e. The summed E-state index contributed by atoms with van der Waals surface area (Å²) in [5, 5.41) is 10.9. The number of anilines is 2. The van der Waals surface area contributed by atoms with Crippen LogP contribution < -0.4 is 20.1 Å². The van der Waals surface area contributed by atoms with E-state index in [4.69, 9.17) is 9.47 Å². The van der Waals surface area contributed by atoms with Gasteiger partial charge in [-0.25, -0.2) is 4.68 Å². The molecular formula is C28H27N5O3. The number of fused-ring (bicyclic) bond motifs is 1. The van der Waals surface area contributed by atoms with Crippen LogP contribution in [-0.4, -0.2) is 34.9 Å². The standard InChI is InChI=1S/C28H27N5O3/c1-35-22-15-12-20(13-16-22)24-18-23(19-8-4-3-5-9-19)29-28-31-27(32-33(24)28)30-26(34)17-14-21-10-6-7-11-25(21)36-2/h3-17,23-24H,18H2,1-2H3,(H2,29,30,31,32,34)/b17-14+/t23-,24+/m0/s1. The fourth-order valence-corrected chi connectivity index (χ4v) is 4.36. The van der Waals surface area contributed by atoms with Crippen molar-refractivity contribution < 1.29 is 14.3 Å². The summed E-state index contributed by atoms with van der Waals surface area (Å²) in [6.45, 7) is 0. The molecule has 0 saturated heterocycles. The minimum Gasteiger partial charge on any atom is -0.497 e. The van der Waals surface area contributed by atoms with Crippen LogP contribution >= 0.6 is 0 Å². The van der Waals surface area contributed by atoms with Crippen LogP contribution in [0.3, 0.4) is 0 Å². The Labute approximate surface area is 209 Å². The summed E-state index contributed by atoms with van der Waals surface area (Å²) in [6.07, 6.45) is 3.92. The molecule has 4 aromatic rings. The van der Waals surface area contributed by atoms with Crippen LogP contribution in [0.15, 0.2) is 84.9 Å². The first kappa shape index (κ1) is 23.2. The first-order valence-corrected chi connectivity index (χ1v) is 11.7. The van der Waals surface area contributed by atoms with E-state index in [-0.39, 0.29) is 23.9 Å². The molecule has 2 heterocycles. The smallest absolute Gasteiger partial charge is 0.250 e. The van der Waals surface area contributed by atoms with Crippen molar-refractivity contribution in [2.45, 2.75) is 18.5 Å². The summed E-state index contributed by atoms with van der Waals surface area (Å²) in [7, 11) is 3.25. The monoisotopic (exact) mass is 481 g/mol. The van der Waals surface area contributed by atoms with Gasteiger partial charge in [-0.1, -0.05) is 60.7 Å². The molecule has 0 spiro atoms. The van der Waals surface area contributed by atoms with Crippen molar-refractivity contribution in [2.75, 3.05) is 24.9 Å². The maximum absolute atomic E-state index is 12.6. The Morgan fingerprint density at radius 3 is 2.47 bits per heavy atom. The van der Waals surface area contributed by atoms with Gasteiger partial charge in [0.25, 0.3) is 11.9 Å². The van der Waals surface area contributed by atoms with E-state index in [2.05, 4.69) is 32.8 Å². The lowest BCUT2D eigenvalue weighted by atomic mass is 9.93. The van der Waals surface area contributed by atoms with Gasteiger partial charge in [0.15, 0.2) is 0 Å². The van der Waals surface area contributed by atoms with E-state index in [0.29, 0.717) is 11.7 Å². The molecule has 36 heavy (non-hydrogen) atoms. The van der Waals surface area contributed by atoms with Gasteiger partial charge in [0, 0.05) is 11.6 Å². The highest BCUT2D eigenvalue weighted by Gasteiger charge is 2.31. The summed E-state index contributed by atoms with van der Waals surface area (Å²) in [5.41, 5.74) is 3.05. The van der Waals surface area contributed by atoms with Crippen molar-refractivity contribution >= 4 is 23.9 Å². The van der Waals surface area contributed by atoms with Crippen LogP contribution in [0.4, 0.5) is 11.9 Å². The molecule has 0 saturated carbocycles. The number of carbonyl (C=O) groups is 1. The lowest BCUT2D eigenvalue weighted by Gasteiger charge is -2.31. The van der Waals surface area contributed by atoms with Gasteiger partial charge in [0.1, 0.15) is 11.5 Å². The number of para-hydroxylation sites is 1. The van der Waals surface area contributed by atoms with Gasteiger partial charge in [-0.05, 0) is 41.8 Å². The SMILES string of the molecule is COc1ccc([C@H]2C[C@@H](c3ccccc3)Nc3nc(NC(=O)/C=C/c4ccccc4OC)nn32)cc1. The number of benzene rings is 3. The second kappa shape index (κ2) is 10.4. The second-order valence-corrected chi connectivity index (χ2v) is 8.40. The summed E-state index contributed by atoms with van der Waals surface area (Å²) in [4.78, 5) is 17.2. The Bertz CT molecular complexity index is 1370. The summed E-state index contributed by atoms with van der Waals surface area (Å²) < 4.78 is 12.5. The second-order valence-electron chi connectivity index (χ2n) is 8.40. The number of hydrogen-bond donors (Lipinski definition) is 2. The van der Waals surface area contributed by atoms with Crippen molar-refractivity contribution in [3.8, 4) is 11.5 Å². The van der Waals surface area contributed by atoms with E-state index in [1.807, 2.05) is 71.4 Å². The third-order valence-electron chi connectivity index (χ3n) is 6.18. The van der Waals surface area contributed by atoms with Gasteiger partial charge in [-0.15, -0.1) is 5.10 Å². The number of carbonyl (C=O) groups excluding carboxylic acids is 1. The van der Waals surface area contributed by atoms with Crippen LogP contribution in [0.5, 0.6) is 11.5 Å². The van der Waals surface area contributed by atoms with E-state index < -0.39 is 0 Å². The van der Waals surface area contributed by atoms with Gasteiger partial charge in [-0.2, -0.15) is 4.98 Å². The van der Waals surface area contributed by atoms with Crippen molar-refractivity contribution in [3.05, 3.63) is 102 Å². The van der Waals surface area contributed by atoms with Gasteiger partial charge < -0.3 is 14.8 Å². The Hall–Kier alpha value is -4.59. The number of ether oxygens (including phenoxy) is 2. The highest BCUT2D eigenvalue weighted by Crippen LogP contribution is 2.38. The zero-order valence-electron chi connectivity index (χ0n) is 20.1. The van der Waals surface area contributed by atoms with Crippen LogP contribution in [0.1, 0.15) is 35.2 Å². The van der Waals surface area contributed by atoms with Crippen LogP contribution in [0, 0.1) is 0 Å². The summed E-state index contributed by atoms with van der Waals surface area (Å²) in [6, 6.07) is 25.7. The van der Waals surface area contributed by atoms with Crippen LogP contribution in [0.2, 0.25) is 0 Å². The number of nitrogens with one attached hydrogen (secondary N) is 2. The van der Waals surface area contributed by atoms with Crippen molar-refractivity contribution in [2.24, 2.45) is 0 Å². The molecule has 8 heteroatoms. The van der Waals surface area contributed by atoms with Crippen molar-refractivity contribution in [1.29, 1.82) is 0 Å². The number of methoxy groups -OCH3 is 2. The zero-order valence-corrected chi connectivity index (χ0v) is 20.1. The van der Waals surface area contributed by atoms with E-state index >= 15 is 0 Å². The molecule has 1 aliphatic heterocycles. The average Bonchev–Trinajstić information content (AvgIpc) is 3.34. The molecule has 8 nitrogen and oxygen atoms in total. The number of aromatic nitrogens is 3. The minimum atomic E-state index is -0.329. The summed E-state index contributed by atoms with van der Waals surface area (Å²) >= 11 is 0. The molecule has 1 amide bonds. The lowest BCUT2D eigenvalue weighted by molar-refractivity contribution is -0.111. The topological polar surface area (TPSA) is 90.3 Å². The zero-order chi connectivity index (χ0) is 24.9. The number of amides is 1. The fraction of sp³-hybridized carbons (Fsp3) is 0.179. The normalized spacial score (nSPS) is 16.7. The maximum atomic E-state index is 12.6. The van der Waals surface area contributed by atoms with E-state index in [0.717, 1.165) is 28.9 Å². The van der Waals surface area contributed by atoms with Gasteiger partial charge in [0.05, 0.1) is 26.3 Å². The predicted molar refractivity (Wildman–Crippen MR) is 139 cm³/mol. The highest BCUT2D eigenvalue weighted by molar-refractivity contribution is 6.01. The number of hydrogen-bond acceptors (Lipinski definition) is 6. The molecule has 1 aliphatic rings. The average molecular weight is 482 g/mol. The molecule has 3 aromatic carbocycles. The van der Waals surface area contributed by atoms with Gasteiger partial charge >= 0.3 is 0 Å². The molecule has 0 aliphatic carbocycles. The van der Waals surface area contributed by atoms with Crippen molar-refractivity contribution in [3.63, 3.8) is 0 Å². The molecule has 182 valence electrons. The van der Waals surface area contributed by atoms with E-state index in [1.54, 1.807) is 20.3 Å². The third-order valence-corrected chi connectivity index (χ3v) is 6.18. The predicted octanol–water partition coefficient (Wildman–Crippen LogP) is 5.09. The highest BCUT2D eigenvalue weighted by atomic mass is 16.5. The molecule has 0 fully saturated rings. The number of rotatable bonds is 7. The van der Waals surface area contributed by atoms with Crippen molar-refractivity contribution in [1.82, 2.24) is 14.8 Å². The Morgan fingerprint density at radius 2 is 1.72 bits per heavy atom. The summed E-state index contributed by atoms with van der Waals surface area (Å²) in [5.74, 6) is 1.99. The maximum Gasteiger partial charge on any atom is 0.250 e. The lowest BCUT2D eigenvalue weighted by Crippen LogP contribution is -2.28. The molecule has 2 N–H and O–H groups in total. The quantitative estimate of drug-likeness (QED) is 0.357. The van der Waals surface area contributed by atoms with E-state index in [1.165, 1.54) is 6.08 Å². The molecule has 2 atom stereocenters.